The molecular formula is C9H10BrN5S2. The van der Waals surface area contributed by atoms with Crippen LogP contribution in [0.15, 0.2) is 20.0 Å². The second-order valence-corrected chi connectivity index (χ2v) is 5.93. The van der Waals surface area contributed by atoms with Gasteiger partial charge in [0.25, 0.3) is 0 Å². The minimum atomic E-state index is 0.624. The van der Waals surface area contributed by atoms with Gasteiger partial charge in [-0.1, -0.05) is 0 Å². The van der Waals surface area contributed by atoms with E-state index in [2.05, 4.69) is 40.6 Å². The fraction of sp³-hybridized carbons (Fsp3) is 0.333. The van der Waals surface area contributed by atoms with Gasteiger partial charge in [-0.3, -0.25) is 0 Å². The van der Waals surface area contributed by atoms with Gasteiger partial charge >= 0.3 is 0 Å². The Hall–Kier alpha value is -0.730. The van der Waals surface area contributed by atoms with Gasteiger partial charge in [0.2, 0.25) is 5.95 Å². The molecule has 2 heterocycles. The molecule has 0 bridgehead atoms. The summed E-state index contributed by atoms with van der Waals surface area (Å²) in [6, 6.07) is 0. The number of halogens is 1. The molecule has 2 aromatic heterocycles. The Morgan fingerprint density at radius 3 is 2.94 bits per heavy atom. The highest BCUT2D eigenvalue weighted by Gasteiger charge is 2.09. The molecule has 0 saturated carbocycles. The van der Waals surface area contributed by atoms with Crippen molar-refractivity contribution in [1.82, 2.24) is 19.3 Å². The Bertz CT molecular complexity index is 516. The molecule has 0 aliphatic rings. The predicted octanol–water partition coefficient (Wildman–Crippen LogP) is 2.98. The SMILES string of the molecule is CCNc1ncc(Br)c(Sc2nc(C)ns2)n1. The monoisotopic (exact) mass is 331 g/mol. The predicted molar refractivity (Wildman–Crippen MR) is 72.7 cm³/mol. The third-order valence-electron chi connectivity index (χ3n) is 1.74. The molecule has 2 aromatic rings. The zero-order valence-corrected chi connectivity index (χ0v) is 12.5. The average Bonchev–Trinajstić information content (AvgIpc) is 2.69. The highest BCUT2D eigenvalue weighted by molar-refractivity contribution is 9.10. The number of hydrogen-bond donors (Lipinski definition) is 1. The molecule has 0 amide bonds. The summed E-state index contributed by atoms with van der Waals surface area (Å²) in [6.07, 6.45) is 1.74. The Morgan fingerprint density at radius 2 is 2.29 bits per heavy atom. The summed E-state index contributed by atoms with van der Waals surface area (Å²) >= 11 is 6.28. The summed E-state index contributed by atoms with van der Waals surface area (Å²) in [4.78, 5) is 12.9. The van der Waals surface area contributed by atoms with Gasteiger partial charge in [0.15, 0.2) is 4.34 Å². The van der Waals surface area contributed by atoms with Crippen LogP contribution < -0.4 is 5.32 Å². The summed E-state index contributed by atoms with van der Waals surface area (Å²) in [5, 5.41) is 3.92. The molecule has 8 heteroatoms. The Labute approximate surface area is 116 Å². The second-order valence-electron chi connectivity index (χ2n) is 3.09. The number of rotatable bonds is 4. The molecule has 0 atom stereocenters. The molecule has 0 unspecified atom stereocenters. The van der Waals surface area contributed by atoms with E-state index in [0.717, 1.165) is 26.2 Å². The van der Waals surface area contributed by atoms with Crippen molar-refractivity contribution in [2.45, 2.75) is 23.2 Å². The molecule has 0 saturated heterocycles. The van der Waals surface area contributed by atoms with E-state index in [1.165, 1.54) is 23.3 Å². The van der Waals surface area contributed by atoms with Gasteiger partial charge < -0.3 is 5.32 Å². The second kappa shape index (κ2) is 5.74. The quantitative estimate of drug-likeness (QED) is 0.869. The fourth-order valence-corrected chi connectivity index (χ4v) is 3.05. The van der Waals surface area contributed by atoms with Gasteiger partial charge in [-0.15, -0.1) is 0 Å². The Morgan fingerprint density at radius 1 is 1.47 bits per heavy atom. The lowest BCUT2D eigenvalue weighted by molar-refractivity contribution is 0.996. The van der Waals surface area contributed by atoms with E-state index in [0.29, 0.717) is 5.95 Å². The minimum Gasteiger partial charge on any atom is -0.354 e. The number of nitrogens with one attached hydrogen (secondary N) is 1. The molecule has 1 N–H and O–H groups in total. The van der Waals surface area contributed by atoms with Gasteiger partial charge in [0, 0.05) is 12.7 Å². The molecule has 90 valence electrons. The van der Waals surface area contributed by atoms with Crippen LogP contribution in [0.2, 0.25) is 0 Å². The van der Waals surface area contributed by atoms with Gasteiger partial charge in [-0.2, -0.15) is 4.37 Å². The van der Waals surface area contributed by atoms with E-state index in [1.54, 1.807) is 6.20 Å². The molecule has 2 rings (SSSR count). The van der Waals surface area contributed by atoms with Crippen LogP contribution in [0.4, 0.5) is 5.95 Å². The molecule has 0 radical (unpaired) electrons. The van der Waals surface area contributed by atoms with Crippen LogP contribution in [0, 0.1) is 6.92 Å². The smallest absolute Gasteiger partial charge is 0.223 e. The lowest BCUT2D eigenvalue weighted by Crippen LogP contribution is -2.02. The van der Waals surface area contributed by atoms with Crippen LogP contribution in [-0.4, -0.2) is 25.9 Å². The molecule has 17 heavy (non-hydrogen) atoms. The maximum Gasteiger partial charge on any atom is 0.223 e. The summed E-state index contributed by atoms with van der Waals surface area (Å²) in [7, 11) is 0. The summed E-state index contributed by atoms with van der Waals surface area (Å²) in [5.74, 6) is 1.41. The summed E-state index contributed by atoms with van der Waals surface area (Å²) in [5.41, 5.74) is 0. The van der Waals surface area contributed by atoms with E-state index in [-0.39, 0.29) is 0 Å². The summed E-state index contributed by atoms with van der Waals surface area (Å²) < 4.78 is 5.87. The highest BCUT2D eigenvalue weighted by atomic mass is 79.9. The largest absolute Gasteiger partial charge is 0.354 e. The molecular weight excluding hydrogens is 322 g/mol. The Balaban J connectivity index is 2.22. The first-order chi connectivity index (χ1) is 8.19. The van der Waals surface area contributed by atoms with Gasteiger partial charge in [0.1, 0.15) is 10.9 Å². The first kappa shape index (κ1) is 12.7. The number of hydrogen-bond acceptors (Lipinski definition) is 7. The zero-order chi connectivity index (χ0) is 12.3. The zero-order valence-electron chi connectivity index (χ0n) is 9.27. The minimum absolute atomic E-state index is 0.624. The van der Waals surface area contributed by atoms with Crippen molar-refractivity contribution in [3.05, 3.63) is 16.5 Å². The number of anilines is 1. The van der Waals surface area contributed by atoms with E-state index in [9.17, 15) is 0 Å². The number of nitrogens with zero attached hydrogens (tertiary/aromatic N) is 4. The third-order valence-corrected chi connectivity index (χ3v) is 4.43. The van der Waals surface area contributed by atoms with Crippen LogP contribution in [0.5, 0.6) is 0 Å². The molecule has 0 aliphatic carbocycles. The van der Waals surface area contributed by atoms with Crippen molar-refractivity contribution in [1.29, 1.82) is 0 Å². The first-order valence-corrected chi connectivity index (χ1v) is 7.32. The lowest BCUT2D eigenvalue weighted by atomic mass is 10.6. The van der Waals surface area contributed by atoms with E-state index < -0.39 is 0 Å². The van der Waals surface area contributed by atoms with Crippen molar-refractivity contribution in [2.24, 2.45) is 0 Å². The Kier molecular flexibility index (Phi) is 4.30. The number of aromatic nitrogens is 4. The van der Waals surface area contributed by atoms with Crippen LogP contribution in [-0.2, 0) is 0 Å². The molecule has 0 fully saturated rings. The van der Waals surface area contributed by atoms with Crippen molar-refractivity contribution in [3.8, 4) is 0 Å². The first-order valence-electron chi connectivity index (χ1n) is 4.93. The average molecular weight is 332 g/mol. The van der Waals surface area contributed by atoms with Gasteiger partial charge in [-0.05, 0) is 53.1 Å². The van der Waals surface area contributed by atoms with E-state index in [1.807, 2.05) is 13.8 Å². The van der Waals surface area contributed by atoms with E-state index >= 15 is 0 Å². The van der Waals surface area contributed by atoms with Crippen LogP contribution >= 0.6 is 39.2 Å². The topological polar surface area (TPSA) is 63.6 Å². The molecule has 0 aliphatic heterocycles. The van der Waals surface area contributed by atoms with Crippen molar-refractivity contribution < 1.29 is 0 Å². The maximum absolute atomic E-state index is 4.40. The molecule has 0 spiro atoms. The molecule has 5 nitrogen and oxygen atoms in total. The normalized spacial score (nSPS) is 10.5. The third kappa shape index (κ3) is 3.36. The molecule has 0 aromatic carbocycles. The van der Waals surface area contributed by atoms with Crippen LogP contribution in [0.3, 0.4) is 0 Å². The lowest BCUT2D eigenvalue weighted by Gasteiger charge is -2.04. The van der Waals surface area contributed by atoms with Gasteiger partial charge in [0.05, 0.1) is 4.47 Å². The van der Waals surface area contributed by atoms with Gasteiger partial charge in [-0.25, -0.2) is 15.0 Å². The summed E-state index contributed by atoms with van der Waals surface area (Å²) in [6.45, 7) is 4.68. The highest BCUT2D eigenvalue weighted by Crippen LogP contribution is 2.32. The van der Waals surface area contributed by atoms with Crippen molar-refractivity contribution >= 4 is 45.2 Å². The van der Waals surface area contributed by atoms with Crippen LogP contribution in [0.25, 0.3) is 0 Å². The van der Waals surface area contributed by atoms with Crippen molar-refractivity contribution in [3.63, 3.8) is 0 Å². The maximum atomic E-state index is 4.40. The standard InChI is InChI=1S/C9H10BrN5S2/c1-3-11-8-12-4-6(10)7(14-8)16-9-13-5(2)15-17-9/h4H,3H2,1-2H3,(H,11,12,14). The van der Waals surface area contributed by atoms with Crippen molar-refractivity contribution in [2.75, 3.05) is 11.9 Å². The van der Waals surface area contributed by atoms with E-state index in [4.69, 9.17) is 0 Å². The van der Waals surface area contributed by atoms with Crippen LogP contribution in [0.1, 0.15) is 12.7 Å². The fourth-order valence-electron chi connectivity index (χ4n) is 1.07. The number of aryl methyl sites for hydroxylation is 1.